The van der Waals surface area contributed by atoms with Crippen LogP contribution in [0.3, 0.4) is 0 Å². The maximum atomic E-state index is 12.5. The van der Waals surface area contributed by atoms with Gasteiger partial charge < -0.3 is 10.3 Å². The second-order valence-corrected chi connectivity index (χ2v) is 5.96. The Bertz CT molecular complexity index is 836. The molecule has 21 heavy (non-hydrogen) atoms. The van der Waals surface area contributed by atoms with Gasteiger partial charge in [0.2, 0.25) is 0 Å². The molecule has 2 N–H and O–H groups in total. The largest absolute Gasteiger partial charge is 0.350 e. The maximum Gasteiger partial charge on any atom is 0.272 e. The van der Waals surface area contributed by atoms with E-state index >= 15 is 0 Å². The lowest BCUT2D eigenvalue weighted by Crippen LogP contribution is -2.13. The molecule has 1 aromatic heterocycles. The Labute approximate surface area is 131 Å². The zero-order valence-corrected chi connectivity index (χ0v) is 13.4. The van der Waals surface area contributed by atoms with Crippen LogP contribution in [0, 0.1) is 13.8 Å². The molecule has 0 fully saturated rings. The van der Waals surface area contributed by atoms with Gasteiger partial charge in [0.25, 0.3) is 5.91 Å². The van der Waals surface area contributed by atoms with Gasteiger partial charge >= 0.3 is 0 Å². The summed E-state index contributed by atoms with van der Waals surface area (Å²) in [4.78, 5) is 15.7. The number of halogens is 1. The maximum absolute atomic E-state index is 12.5. The number of hydrogen-bond acceptors (Lipinski definition) is 1. The lowest BCUT2D eigenvalue weighted by atomic mass is 10.1. The van der Waals surface area contributed by atoms with Crippen LogP contribution >= 0.6 is 15.9 Å². The van der Waals surface area contributed by atoms with Gasteiger partial charge in [-0.15, -0.1) is 0 Å². The Kier molecular flexibility index (Phi) is 3.55. The van der Waals surface area contributed by atoms with Crippen molar-refractivity contribution in [2.24, 2.45) is 0 Å². The number of aryl methyl sites for hydroxylation is 2. The van der Waals surface area contributed by atoms with E-state index in [0.717, 1.165) is 26.6 Å². The summed E-state index contributed by atoms with van der Waals surface area (Å²) in [6, 6.07) is 13.7. The highest BCUT2D eigenvalue weighted by molar-refractivity contribution is 9.10. The van der Waals surface area contributed by atoms with E-state index in [4.69, 9.17) is 0 Å². The predicted molar refractivity (Wildman–Crippen MR) is 89.9 cm³/mol. The van der Waals surface area contributed by atoms with Crippen LogP contribution in [0.2, 0.25) is 0 Å². The highest BCUT2D eigenvalue weighted by atomic mass is 79.9. The summed E-state index contributed by atoms with van der Waals surface area (Å²) in [5.41, 5.74) is 4.49. The molecule has 0 saturated carbocycles. The number of aromatic amines is 1. The molecule has 3 nitrogen and oxygen atoms in total. The third-order valence-corrected chi connectivity index (χ3v) is 4.25. The molecule has 106 valence electrons. The molecule has 0 unspecified atom stereocenters. The van der Waals surface area contributed by atoms with Gasteiger partial charge in [-0.25, -0.2) is 0 Å². The number of carbonyl (C=O) groups is 1. The van der Waals surface area contributed by atoms with Gasteiger partial charge in [-0.2, -0.15) is 0 Å². The Balaban J connectivity index is 1.98. The lowest BCUT2D eigenvalue weighted by molar-refractivity contribution is 0.102. The number of benzene rings is 2. The topological polar surface area (TPSA) is 44.9 Å². The van der Waals surface area contributed by atoms with Gasteiger partial charge in [-0.05, 0) is 59.1 Å². The zero-order chi connectivity index (χ0) is 15.0. The van der Waals surface area contributed by atoms with Crippen molar-refractivity contribution in [1.82, 2.24) is 4.98 Å². The second-order valence-electron chi connectivity index (χ2n) is 5.11. The average Bonchev–Trinajstić information content (AvgIpc) is 2.78. The highest BCUT2D eigenvalue weighted by Gasteiger charge is 2.15. The quantitative estimate of drug-likeness (QED) is 0.690. The van der Waals surface area contributed by atoms with Crippen LogP contribution in [0.5, 0.6) is 0 Å². The van der Waals surface area contributed by atoms with Gasteiger partial charge in [0.1, 0.15) is 5.69 Å². The van der Waals surface area contributed by atoms with Crippen molar-refractivity contribution >= 4 is 38.4 Å². The average molecular weight is 343 g/mol. The van der Waals surface area contributed by atoms with E-state index in [1.165, 1.54) is 5.56 Å². The molecule has 0 aliphatic rings. The SMILES string of the molecule is Cc1ccc2c(C)c(C(=O)Nc3ccccc3Br)[nH]c2c1. The van der Waals surface area contributed by atoms with Crippen LogP contribution in [0.4, 0.5) is 5.69 Å². The summed E-state index contributed by atoms with van der Waals surface area (Å²) in [6.07, 6.45) is 0. The summed E-state index contributed by atoms with van der Waals surface area (Å²) in [6.45, 7) is 4.00. The molecule has 0 saturated heterocycles. The van der Waals surface area contributed by atoms with E-state index in [1.54, 1.807) is 0 Å². The molecule has 3 rings (SSSR count). The van der Waals surface area contributed by atoms with Crippen molar-refractivity contribution in [3.05, 3.63) is 63.8 Å². The van der Waals surface area contributed by atoms with E-state index in [1.807, 2.05) is 44.2 Å². The van der Waals surface area contributed by atoms with Crippen molar-refractivity contribution in [2.45, 2.75) is 13.8 Å². The Morgan fingerprint density at radius 1 is 1.14 bits per heavy atom. The summed E-state index contributed by atoms with van der Waals surface area (Å²) >= 11 is 3.44. The first-order valence-electron chi connectivity index (χ1n) is 6.71. The lowest BCUT2D eigenvalue weighted by Gasteiger charge is -2.06. The Morgan fingerprint density at radius 2 is 1.90 bits per heavy atom. The number of hydrogen-bond donors (Lipinski definition) is 2. The van der Waals surface area contributed by atoms with Crippen molar-refractivity contribution in [3.8, 4) is 0 Å². The minimum Gasteiger partial charge on any atom is -0.350 e. The number of amides is 1. The summed E-state index contributed by atoms with van der Waals surface area (Å²) in [5.74, 6) is -0.131. The number of fused-ring (bicyclic) bond motifs is 1. The number of anilines is 1. The highest BCUT2D eigenvalue weighted by Crippen LogP contribution is 2.25. The van der Waals surface area contributed by atoms with Crippen molar-refractivity contribution in [2.75, 3.05) is 5.32 Å². The van der Waals surface area contributed by atoms with E-state index in [0.29, 0.717) is 5.69 Å². The first-order chi connectivity index (χ1) is 10.1. The van der Waals surface area contributed by atoms with Gasteiger partial charge in [0, 0.05) is 15.4 Å². The molecule has 0 radical (unpaired) electrons. The van der Waals surface area contributed by atoms with Gasteiger partial charge in [-0.3, -0.25) is 4.79 Å². The fraction of sp³-hybridized carbons (Fsp3) is 0.118. The van der Waals surface area contributed by atoms with Crippen LogP contribution in [0.15, 0.2) is 46.9 Å². The molecular formula is C17H15BrN2O. The van der Waals surface area contributed by atoms with Crippen LogP contribution in [-0.4, -0.2) is 10.9 Å². The van der Waals surface area contributed by atoms with Gasteiger partial charge in [0.05, 0.1) is 5.69 Å². The smallest absolute Gasteiger partial charge is 0.272 e. The number of para-hydroxylation sites is 1. The predicted octanol–water partition coefficient (Wildman–Crippen LogP) is 4.80. The molecule has 0 atom stereocenters. The third kappa shape index (κ3) is 2.59. The second kappa shape index (κ2) is 5.37. The van der Waals surface area contributed by atoms with Crippen molar-refractivity contribution in [1.29, 1.82) is 0 Å². The third-order valence-electron chi connectivity index (χ3n) is 3.56. The summed E-state index contributed by atoms with van der Waals surface area (Å²) in [7, 11) is 0. The molecule has 4 heteroatoms. The molecule has 3 aromatic rings. The van der Waals surface area contributed by atoms with E-state index in [2.05, 4.69) is 38.4 Å². The first-order valence-corrected chi connectivity index (χ1v) is 7.50. The molecule has 2 aromatic carbocycles. The minimum atomic E-state index is -0.131. The molecule has 1 amide bonds. The molecule has 0 spiro atoms. The molecule has 0 bridgehead atoms. The number of nitrogens with one attached hydrogen (secondary N) is 2. The molecule has 0 aliphatic heterocycles. The van der Waals surface area contributed by atoms with Crippen LogP contribution in [-0.2, 0) is 0 Å². The zero-order valence-electron chi connectivity index (χ0n) is 11.8. The first kappa shape index (κ1) is 13.9. The minimum absolute atomic E-state index is 0.131. The summed E-state index contributed by atoms with van der Waals surface area (Å²) < 4.78 is 0.864. The Hall–Kier alpha value is -2.07. The van der Waals surface area contributed by atoms with Gasteiger partial charge in [0.15, 0.2) is 0 Å². The fourth-order valence-corrected chi connectivity index (χ4v) is 2.81. The fourth-order valence-electron chi connectivity index (χ4n) is 2.43. The van der Waals surface area contributed by atoms with E-state index < -0.39 is 0 Å². The van der Waals surface area contributed by atoms with E-state index in [-0.39, 0.29) is 5.91 Å². The monoisotopic (exact) mass is 342 g/mol. The number of aromatic nitrogens is 1. The molecular weight excluding hydrogens is 328 g/mol. The van der Waals surface area contributed by atoms with E-state index in [9.17, 15) is 4.79 Å². The molecule has 1 heterocycles. The van der Waals surface area contributed by atoms with Gasteiger partial charge in [-0.1, -0.05) is 24.3 Å². The van der Waals surface area contributed by atoms with Crippen LogP contribution in [0.1, 0.15) is 21.6 Å². The number of carbonyl (C=O) groups excluding carboxylic acids is 1. The van der Waals surface area contributed by atoms with Crippen LogP contribution < -0.4 is 5.32 Å². The van der Waals surface area contributed by atoms with Crippen molar-refractivity contribution in [3.63, 3.8) is 0 Å². The number of H-pyrrole nitrogens is 1. The van der Waals surface area contributed by atoms with Crippen molar-refractivity contribution < 1.29 is 4.79 Å². The number of rotatable bonds is 2. The normalized spacial score (nSPS) is 10.8. The summed E-state index contributed by atoms with van der Waals surface area (Å²) in [5, 5.41) is 4.01. The molecule has 0 aliphatic carbocycles. The van der Waals surface area contributed by atoms with Crippen LogP contribution in [0.25, 0.3) is 10.9 Å². The Morgan fingerprint density at radius 3 is 2.67 bits per heavy atom. The standard InChI is InChI=1S/C17H15BrN2O/c1-10-7-8-12-11(2)16(19-15(12)9-10)17(21)20-14-6-4-3-5-13(14)18/h3-9,19H,1-2H3,(H,20,21).